The van der Waals surface area contributed by atoms with Crippen LogP contribution < -0.4 is 5.32 Å². The normalized spacial score (nSPS) is 19.1. The second-order valence-electron chi connectivity index (χ2n) is 4.64. The number of thioether (sulfide) groups is 1. The number of aromatic nitrogens is 1. The second-order valence-corrected chi connectivity index (χ2v) is 5.72. The quantitative estimate of drug-likeness (QED) is 0.813. The second kappa shape index (κ2) is 4.45. The molecule has 0 unspecified atom stereocenters. The largest absolute Gasteiger partial charge is 0.334 e. The van der Waals surface area contributed by atoms with Gasteiger partial charge in [-0.3, -0.25) is 9.98 Å². The summed E-state index contributed by atoms with van der Waals surface area (Å²) >= 11 is 1.78. The van der Waals surface area contributed by atoms with Gasteiger partial charge in [-0.05, 0) is 39.3 Å². The maximum atomic E-state index is 4.67. The van der Waals surface area contributed by atoms with E-state index in [2.05, 4.69) is 29.1 Å². The summed E-state index contributed by atoms with van der Waals surface area (Å²) in [6.07, 6.45) is 2.98. The molecule has 1 aromatic rings. The van der Waals surface area contributed by atoms with Crippen LogP contribution in [-0.2, 0) is 0 Å². The van der Waals surface area contributed by atoms with E-state index >= 15 is 0 Å². The Balaban J connectivity index is 2.10. The summed E-state index contributed by atoms with van der Waals surface area (Å²) in [4.78, 5) is 8.93. The van der Waals surface area contributed by atoms with E-state index in [-0.39, 0.29) is 5.54 Å². The van der Waals surface area contributed by atoms with Crippen LogP contribution in [0.2, 0.25) is 0 Å². The zero-order valence-corrected chi connectivity index (χ0v) is 10.8. The molecule has 2 rings (SSSR count). The molecule has 0 radical (unpaired) electrons. The van der Waals surface area contributed by atoms with Crippen molar-refractivity contribution in [2.45, 2.75) is 32.7 Å². The third-order valence-electron chi connectivity index (χ3n) is 2.52. The molecule has 1 aliphatic heterocycles. The summed E-state index contributed by atoms with van der Waals surface area (Å²) in [5, 5.41) is 4.32. The highest BCUT2D eigenvalue weighted by Crippen LogP contribution is 2.26. The smallest absolute Gasteiger partial charge is 0.161 e. The van der Waals surface area contributed by atoms with Gasteiger partial charge in [0.1, 0.15) is 0 Å². The van der Waals surface area contributed by atoms with Crippen molar-refractivity contribution in [3.8, 4) is 0 Å². The molecule has 1 N–H and O–H groups in total. The number of hydrogen-bond donors (Lipinski definition) is 1. The average molecular weight is 235 g/mol. The van der Waals surface area contributed by atoms with E-state index in [0.29, 0.717) is 0 Å². The van der Waals surface area contributed by atoms with Gasteiger partial charge in [-0.15, -0.1) is 0 Å². The molecular weight excluding hydrogens is 218 g/mol. The lowest BCUT2D eigenvalue weighted by atomic mass is 10.0. The highest BCUT2D eigenvalue weighted by Gasteiger charge is 2.22. The zero-order chi connectivity index (χ0) is 11.6. The van der Waals surface area contributed by atoms with Crippen molar-refractivity contribution in [3.05, 3.63) is 24.0 Å². The Labute approximate surface area is 101 Å². The third kappa shape index (κ3) is 2.98. The van der Waals surface area contributed by atoms with Crippen molar-refractivity contribution in [3.63, 3.8) is 0 Å². The number of hydrogen-bond acceptors (Lipinski definition) is 4. The van der Waals surface area contributed by atoms with E-state index < -0.39 is 0 Å². The molecular formula is C12H17N3S. The van der Waals surface area contributed by atoms with Gasteiger partial charge in [0, 0.05) is 11.4 Å². The lowest BCUT2D eigenvalue weighted by Gasteiger charge is -2.26. The Kier molecular flexibility index (Phi) is 3.19. The third-order valence-corrected chi connectivity index (χ3v) is 3.39. The summed E-state index contributed by atoms with van der Waals surface area (Å²) in [5.74, 6) is 1.12. The van der Waals surface area contributed by atoms with E-state index in [1.165, 1.54) is 0 Å². The van der Waals surface area contributed by atoms with Crippen molar-refractivity contribution in [2.75, 3.05) is 11.1 Å². The average Bonchev–Trinajstić information content (AvgIpc) is 2.20. The molecule has 0 atom stereocenters. The van der Waals surface area contributed by atoms with E-state index in [4.69, 9.17) is 0 Å². The first kappa shape index (κ1) is 11.5. The van der Waals surface area contributed by atoms with Gasteiger partial charge < -0.3 is 5.32 Å². The molecule has 0 bridgehead atoms. The van der Waals surface area contributed by atoms with Gasteiger partial charge in [-0.2, -0.15) is 0 Å². The van der Waals surface area contributed by atoms with Gasteiger partial charge in [-0.1, -0.05) is 11.8 Å². The van der Waals surface area contributed by atoms with E-state index in [1.54, 1.807) is 11.8 Å². The highest BCUT2D eigenvalue weighted by molar-refractivity contribution is 8.14. The molecule has 0 amide bonds. The van der Waals surface area contributed by atoms with Gasteiger partial charge in [0.25, 0.3) is 0 Å². The van der Waals surface area contributed by atoms with Crippen LogP contribution in [0.25, 0.3) is 0 Å². The monoisotopic (exact) mass is 235 g/mol. The summed E-state index contributed by atoms with van der Waals surface area (Å²) in [5.41, 5.74) is 2.10. The number of aliphatic imine (C=N–C) groups is 1. The molecule has 2 heterocycles. The van der Waals surface area contributed by atoms with Gasteiger partial charge in [0.2, 0.25) is 0 Å². The Hall–Kier alpha value is -1.03. The molecule has 3 nitrogen and oxygen atoms in total. The molecule has 1 aliphatic rings. The molecule has 1 aromatic heterocycles. The summed E-state index contributed by atoms with van der Waals surface area (Å²) in [6, 6.07) is 4.04. The first-order valence-electron chi connectivity index (χ1n) is 5.47. The fourth-order valence-electron chi connectivity index (χ4n) is 1.49. The van der Waals surface area contributed by atoms with E-state index in [0.717, 1.165) is 28.7 Å². The Morgan fingerprint density at radius 3 is 2.81 bits per heavy atom. The lowest BCUT2D eigenvalue weighted by molar-refractivity contribution is 0.507. The molecule has 0 aromatic carbocycles. The van der Waals surface area contributed by atoms with Gasteiger partial charge >= 0.3 is 0 Å². The first-order valence-corrected chi connectivity index (χ1v) is 6.46. The summed E-state index contributed by atoms with van der Waals surface area (Å²) < 4.78 is 0. The van der Waals surface area contributed by atoms with Gasteiger partial charge in [0.15, 0.2) is 5.17 Å². The Morgan fingerprint density at radius 2 is 2.19 bits per heavy atom. The lowest BCUT2D eigenvalue weighted by Crippen LogP contribution is -2.27. The minimum absolute atomic E-state index is 0.0612. The maximum Gasteiger partial charge on any atom is 0.161 e. The minimum Gasteiger partial charge on any atom is -0.334 e. The maximum absolute atomic E-state index is 4.67. The van der Waals surface area contributed by atoms with Crippen LogP contribution in [0.15, 0.2) is 23.3 Å². The van der Waals surface area contributed by atoms with Crippen molar-refractivity contribution < 1.29 is 0 Å². The molecule has 0 saturated heterocycles. The molecule has 0 aliphatic carbocycles. The van der Waals surface area contributed by atoms with Gasteiger partial charge in [-0.25, -0.2) is 0 Å². The molecule has 0 spiro atoms. The standard InChI is InChI=1S/C12H17N3S/c1-9-4-5-10(8-13-9)14-11-15-12(2,3)6-7-16-11/h4-5,8H,6-7H2,1-3H3,(H,14,15). The van der Waals surface area contributed by atoms with Gasteiger partial charge in [0.05, 0.1) is 17.4 Å². The van der Waals surface area contributed by atoms with Crippen LogP contribution in [0.3, 0.4) is 0 Å². The van der Waals surface area contributed by atoms with Crippen LogP contribution >= 0.6 is 11.8 Å². The number of aryl methyl sites for hydroxylation is 1. The van der Waals surface area contributed by atoms with Crippen molar-refractivity contribution >= 4 is 22.6 Å². The highest BCUT2D eigenvalue weighted by atomic mass is 32.2. The van der Waals surface area contributed by atoms with Crippen LogP contribution in [0, 0.1) is 6.92 Å². The zero-order valence-electron chi connectivity index (χ0n) is 9.95. The van der Waals surface area contributed by atoms with Crippen LogP contribution in [0.1, 0.15) is 26.0 Å². The van der Waals surface area contributed by atoms with E-state index in [1.807, 2.05) is 25.3 Å². The number of nitrogens with one attached hydrogen (secondary N) is 1. The SMILES string of the molecule is Cc1ccc(NC2=NC(C)(C)CCS2)cn1. The molecule has 86 valence electrons. The minimum atomic E-state index is 0.0612. The number of pyridine rings is 1. The summed E-state index contributed by atoms with van der Waals surface area (Å²) in [6.45, 7) is 6.32. The fourth-order valence-corrected chi connectivity index (χ4v) is 2.79. The van der Waals surface area contributed by atoms with Crippen molar-refractivity contribution in [1.82, 2.24) is 4.98 Å². The van der Waals surface area contributed by atoms with E-state index in [9.17, 15) is 0 Å². The predicted molar refractivity (Wildman–Crippen MR) is 71.2 cm³/mol. The summed E-state index contributed by atoms with van der Waals surface area (Å²) in [7, 11) is 0. The first-order chi connectivity index (χ1) is 7.55. The molecule has 4 heteroatoms. The topological polar surface area (TPSA) is 37.3 Å². The Morgan fingerprint density at radius 1 is 1.38 bits per heavy atom. The Bertz CT molecular complexity index is 395. The number of rotatable bonds is 1. The van der Waals surface area contributed by atoms with Crippen LogP contribution in [0.5, 0.6) is 0 Å². The predicted octanol–water partition coefficient (Wildman–Crippen LogP) is 3.07. The molecule has 0 saturated carbocycles. The van der Waals surface area contributed by atoms with Crippen LogP contribution in [0.4, 0.5) is 5.69 Å². The van der Waals surface area contributed by atoms with Crippen molar-refractivity contribution in [1.29, 1.82) is 0 Å². The van der Waals surface area contributed by atoms with Crippen LogP contribution in [-0.4, -0.2) is 21.4 Å². The fraction of sp³-hybridized carbons (Fsp3) is 0.500. The number of anilines is 1. The molecule has 0 fully saturated rings. The number of nitrogens with zero attached hydrogens (tertiary/aromatic N) is 2. The van der Waals surface area contributed by atoms with Crippen molar-refractivity contribution in [2.24, 2.45) is 4.99 Å². The molecule has 16 heavy (non-hydrogen) atoms. The number of amidine groups is 1.